The van der Waals surface area contributed by atoms with E-state index in [0.717, 1.165) is 6.92 Å². The molecule has 8 heteroatoms. The minimum Gasteiger partial charge on any atom is -0.399 e. The summed E-state index contributed by atoms with van der Waals surface area (Å²) in [5, 5.41) is 0. The molecule has 1 unspecified atom stereocenters. The maximum absolute atomic E-state index is 12.1. The van der Waals surface area contributed by atoms with Gasteiger partial charge in [0.2, 0.25) is 10.0 Å². The van der Waals surface area contributed by atoms with E-state index in [2.05, 4.69) is 0 Å². The van der Waals surface area contributed by atoms with Crippen LogP contribution >= 0.6 is 0 Å². The Kier molecular flexibility index (Phi) is 4.23. The standard InChI is InChI=1S/C10H13F3N2O2S/c1-7(6-10(11,12)13)15-18(16,17)9-4-2-3-8(14)5-9/h2-5,7,15H,6,14H2,1H3. The van der Waals surface area contributed by atoms with Crippen molar-refractivity contribution in [2.24, 2.45) is 0 Å². The molecule has 0 saturated carbocycles. The van der Waals surface area contributed by atoms with Gasteiger partial charge in [-0.2, -0.15) is 13.2 Å². The Hall–Kier alpha value is -1.28. The van der Waals surface area contributed by atoms with Gasteiger partial charge >= 0.3 is 6.18 Å². The molecule has 0 radical (unpaired) electrons. The summed E-state index contributed by atoms with van der Waals surface area (Å²) in [5.74, 6) is 0. The summed E-state index contributed by atoms with van der Waals surface area (Å²) < 4.78 is 61.7. The van der Waals surface area contributed by atoms with Crippen LogP contribution in [0.4, 0.5) is 18.9 Å². The third kappa shape index (κ3) is 4.53. The molecule has 0 fully saturated rings. The summed E-state index contributed by atoms with van der Waals surface area (Å²) in [4.78, 5) is -0.156. The van der Waals surface area contributed by atoms with Crippen LogP contribution in [0.25, 0.3) is 0 Å². The molecule has 0 saturated heterocycles. The fourth-order valence-corrected chi connectivity index (χ4v) is 2.70. The highest BCUT2D eigenvalue weighted by atomic mass is 32.2. The van der Waals surface area contributed by atoms with Crippen LogP contribution in [0.2, 0.25) is 0 Å². The number of hydrogen-bond donors (Lipinski definition) is 2. The predicted octanol–water partition coefficient (Wildman–Crippen LogP) is 1.89. The van der Waals surface area contributed by atoms with Gasteiger partial charge in [0.15, 0.2) is 0 Å². The number of nitrogen functional groups attached to an aromatic ring is 1. The zero-order valence-electron chi connectivity index (χ0n) is 9.53. The second kappa shape index (κ2) is 5.15. The number of alkyl halides is 3. The number of nitrogens with one attached hydrogen (secondary N) is 1. The topological polar surface area (TPSA) is 72.2 Å². The van der Waals surface area contributed by atoms with Gasteiger partial charge < -0.3 is 5.73 Å². The van der Waals surface area contributed by atoms with Gasteiger partial charge in [-0.1, -0.05) is 6.07 Å². The molecule has 1 aromatic carbocycles. The molecule has 0 bridgehead atoms. The minimum atomic E-state index is -4.42. The first-order valence-corrected chi connectivity index (χ1v) is 6.53. The summed E-state index contributed by atoms with van der Waals surface area (Å²) in [6.07, 6.45) is -5.65. The SMILES string of the molecule is CC(CC(F)(F)F)NS(=O)(=O)c1cccc(N)c1. The van der Waals surface area contributed by atoms with E-state index in [9.17, 15) is 21.6 Å². The maximum Gasteiger partial charge on any atom is 0.390 e. The number of hydrogen-bond acceptors (Lipinski definition) is 3. The van der Waals surface area contributed by atoms with E-state index in [-0.39, 0.29) is 10.6 Å². The average molecular weight is 282 g/mol. The third-order valence-corrected chi connectivity index (χ3v) is 3.65. The van der Waals surface area contributed by atoms with Crippen molar-refractivity contribution in [2.45, 2.75) is 30.5 Å². The van der Waals surface area contributed by atoms with Gasteiger partial charge in [0, 0.05) is 11.7 Å². The van der Waals surface area contributed by atoms with Crippen molar-refractivity contribution in [3.05, 3.63) is 24.3 Å². The highest BCUT2D eigenvalue weighted by Crippen LogP contribution is 2.22. The van der Waals surface area contributed by atoms with E-state index < -0.39 is 28.7 Å². The lowest BCUT2D eigenvalue weighted by atomic mass is 10.2. The van der Waals surface area contributed by atoms with Crippen molar-refractivity contribution in [1.82, 2.24) is 4.72 Å². The Bertz CT molecular complexity index is 514. The molecule has 0 aliphatic carbocycles. The smallest absolute Gasteiger partial charge is 0.390 e. The number of benzene rings is 1. The number of rotatable bonds is 4. The minimum absolute atomic E-state index is 0.156. The van der Waals surface area contributed by atoms with E-state index in [1.54, 1.807) is 0 Å². The van der Waals surface area contributed by atoms with Crippen molar-refractivity contribution in [3.8, 4) is 0 Å². The molecule has 102 valence electrons. The number of nitrogens with two attached hydrogens (primary N) is 1. The molecule has 0 aliphatic rings. The Morgan fingerprint density at radius 3 is 2.50 bits per heavy atom. The van der Waals surface area contributed by atoms with E-state index in [1.807, 2.05) is 4.72 Å². The van der Waals surface area contributed by atoms with Crippen LogP contribution < -0.4 is 10.5 Å². The average Bonchev–Trinajstić information content (AvgIpc) is 2.13. The Morgan fingerprint density at radius 1 is 1.39 bits per heavy atom. The molecule has 0 spiro atoms. The number of sulfonamides is 1. The summed E-state index contributed by atoms with van der Waals surface area (Å²) in [5.41, 5.74) is 5.64. The van der Waals surface area contributed by atoms with Crippen LogP contribution in [-0.2, 0) is 10.0 Å². The fraction of sp³-hybridized carbons (Fsp3) is 0.400. The first kappa shape index (κ1) is 14.8. The molecule has 0 aliphatic heterocycles. The lowest BCUT2D eigenvalue weighted by molar-refractivity contribution is -0.137. The van der Waals surface area contributed by atoms with Crippen LogP contribution in [0.3, 0.4) is 0 Å². The van der Waals surface area contributed by atoms with E-state index >= 15 is 0 Å². The van der Waals surface area contributed by atoms with E-state index in [4.69, 9.17) is 5.73 Å². The van der Waals surface area contributed by atoms with Crippen molar-refractivity contribution < 1.29 is 21.6 Å². The van der Waals surface area contributed by atoms with Gasteiger partial charge in [-0.15, -0.1) is 0 Å². The summed E-state index contributed by atoms with van der Waals surface area (Å²) in [6.45, 7) is 1.15. The van der Waals surface area contributed by atoms with Crippen LogP contribution in [0.5, 0.6) is 0 Å². The molecule has 0 aromatic heterocycles. The Balaban J connectivity index is 2.83. The van der Waals surface area contributed by atoms with Gasteiger partial charge in [-0.25, -0.2) is 13.1 Å². The molecule has 4 nitrogen and oxygen atoms in total. The number of halogens is 3. The second-order valence-corrected chi connectivity index (χ2v) is 5.63. The molecule has 1 aromatic rings. The van der Waals surface area contributed by atoms with Crippen molar-refractivity contribution in [2.75, 3.05) is 5.73 Å². The van der Waals surface area contributed by atoms with Gasteiger partial charge in [0.25, 0.3) is 0 Å². The summed E-state index contributed by atoms with van der Waals surface area (Å²) in [6, 6.07) is 4.11. The van der Waals surface area contributed by atoms with Crippen LogP contribution in [0, 0.1) is 0 Å². The highest BCUT2D eigenvalue weighted by molar-refractivity contribution is 7.89. The molecule has 1 atom stereocenters. The van der Waals surface area contributed by atoms with Crippen LogP contribution in [-0.4, -0.2) is 20.6 Å². The zero-order valence-corrected chi connectivity index (χ0v) is 10.3. The van der Waals surface area contributed by atoms with Crippen LogP contribution in [0.15, 0.2) is 29.2 Å². The first-order chi connectivity index (χ1) is 8.10. The lowest BCUT2D eigenvalue weighted by Crippen LogP contribution is -2.35. The Morgan fingerprint density at radius 2 is 2.00 bits per heavy atom. The van der Waals surface area contributed by atoms with Gasteiger partial charge in [0.1, 0.15) is 0 Å². The lowest BCUT2D eigenvalue weighted by Gasteiger charge is -2.16. The van der Waals surface area contributed by atoms with E-state index in [0.29, 0.717) is 0 Å². The maximum atomic E-state index is 12.1. The van der Waals surface area contributed by atoms with Gasteiger partial charge in [-0.3, -0.25) is 0 Å². The zero-order chi connectivity index (χ0) is 14.0. The fourth-order valence-electron chi connectivity index (χ4n) is 1.40. The molecule has 18 heavy (non-hydrogen) atoms. The van der Waals surface area contributed by atoms with Gasteiger partial charge in [-0.05, 0) is 25.1 Å². The quantitative estimate of drug-likeness (QED) is 0.828. The second-order valence-electron chi connectivity index (χ2n) is 3.91. The van der Waals surface area contributed by atoms with Gasteiger partial charge in [0.05, 0.1) is 11.3 Å². The molecular formula is C10H13F3N2O2S. The van der Waals surface area contributed by atoms with Crippen LogP contribution in [0.1, 0.15) is 13.3 Å². The predicted molar refractivity (Wildman–Crippen MR) is 61.3 cm³/mol. The van der Waals surface area contributed by atoms with Crippen molar-refractivity contribution in [1.29, 1.82) is 0 Å². The summed E-state index contributed by atoms with van der Waals surface area (Å²) in [7, 11) is -3.98. The molecule has 3 N–H and O–H groups in total. The molecule has 0 heterocycles. The molecule has 1 rings (SSSR count). The van der Waals surface area contributed by atoms with Crippen molar-refractivity contribution in [3.63, 3.8) is 0 Å². The third-order valence-electron chi connectivity index (χ3n) is 2.06. The molecular weight excluding hydrogens is 269 g/mol. The molecule has 0 amide bonds. The summed E-state index contributed by atoms with van der Waals surface area (Å²) >= 11 is 0. The first-order valence-electron chi connectivity index (χ1n) is 5.05. The normalized spacial score (nSPS) is 14.4. The van der Waals surface area contributed by atoms with Crippen molar-refractivity contribution >= 4 is 15.7 Å². The number of anilines is 1. The monoisotopic (exact) mass is 282 g/mol. The Labute approximate surface area is 103 Å². The largest absolute Gasteiger partial charge is 0.399 e. The van der Waals surface area contributed by atoms with E-state index in [1.165, 1.54) is 24.3 Å². The highest BCUT2D eigenvalue weighted by Gasteiger charge is 2.31.